The van der Waals surface area contributed by atoms with Gasteiger partial charge in [0.2, 0.25) is 0 Å². The van der Waals surface area contributed by atoms with Gasteiger partial charge < -0.3 is 14.8 Å². The van der Waals surface area contributed by atoms with Crippen molar-refractivity contribution in [1.29, 1.82) is 0 Å². The maximum Gasteiger partial charge on any atom is 0.180 e. The first-order valence-electron chi connectivity index (χ1n) is 10.8. The number of hydrogen-bond donors (Lipinski definition) is 1. The van der Waals surface area contributed by atoms with Crippen LogP contribution in [0, 0.1) is 0 Å². The molecule has 0 aliphatic rings. The number of nitrogens with one attached hydrogen (secondary N) is 1. The van der Waals surface area contributed by atoms with Crippen molar-refractivity contribution < 1.29 is 9.47 Å². The number of halogens is 3. The molecule has 170 valence electrons. The fraction of sp³-hybridized carbons (Fsp3) is 0.308. The summed E-state index contributed by atoms with van der Waals surface area (Å²) in [5.41, 5.74) is 3.14. The Morgan fingerprint density at radius 2 is 1.66 bits per heavy atom. The molecular weight excluding hydrogens is 465 g/mol. The van der Waals surface area contributed by atoms with Crippen molar-refractivity contribution in [3.05, 3.63) is 92.4 Å². The largest absolute Gasteiger partial charge is 0.490 e. The van der Waals surface area contributed by atoms with Crippen LogP contribution in [0.4, 0.5) is 0 Å². The van der Waals surface area contributed by atoms with Crippen molar-refractivity contribution in [2.24, 2.45) is 0 Å². The van der Waals surface area contributed by atoms with Crippen molar-refractivity contribution in [2.75, 3.05) is 6.61 Å². The zero-order valence-electron chi connectivity index (χ0n) is 18.3. The second kappa shape index (κ2) is 12.4. The van der Waals surface area contributed by atoms with Gasteiger partial charge in [-0.15, -0.1) is 0 Å². The van der Waals surface area contributed by atoms with Gasteiger partial charge in [0.05, 0.1) is 11.6 Å². The van der Waals surface area contributed by atoms with Crippen LogP contribution in [-0.2, 0) is 13.2 Å². The Morgan fingerprint density at radius 3 is 2.34 bits per heavy atom. The number of benzene rings is 3. The van der Waals surface area contributed by atoms with Crippen molar-refractivity contribution in [2.45, 2.75) is 45.9 Å². The molecule has 3 nitrogen and oxygen atoms in total. The number of hydrogen-bond acceptors (Lipinski definition) is 3. The first kappa shape index (κ1) is 24.7. The SMILES string of the molecule is CCCC(NCc1cc(Cl)c(OCc2ccc(Cl)cc2Cl)c(OCC)c1)c1ccccc1. The predicted octanol–water partition coefficient (Wildman–Crippen LogP) is 8.26. The molecule has 3 aromatic rings. The van der Waals surface area contributed by atoms with E-state index in [2.05, 4.69) is 36.5 Å². The van der Waals surface area contributed by atoms with E-state index in [0.29, 0.717) is 39.7 Å². The van der Waals surface area contributed by atoms with Crippen molar-refractivity contribution >= 4 is 34.8 Å². The third-order valence-corrected chi connectivity index (χ3v) is 5.96. The smallest absolute Gasteiger partial charge is 0.180 e. The first-order chi connectivity index (χ1) is 15.5. The molecule has 0 spiro atoms. The lowest BCUT2D eigenvalue weighted by molar-refractivity contribution is 0.269. The quantitative estimate of drug-likeness (QED) is 0.292. The van der Waals surface area contributed by atoms with Crippen LogP contribution in [0.1, 0.15) is 49.4 Å². The molecule has 0 saturated heterocycles. The van der Waals surface area contributed by atoms with Crippen LogP contribution in [0.3, 0.4) is 0 Å². The van der Waals surface area contributed by atoms with Crippen molar-refractivity contribution in [1.82, 2.24) is 5.32 Å². The summed E-state index contributed by atoms with van der Waals surface area (Å²) in [6, 6.07) is 20.0. The lowest BCUT2D eigenvalue weighted by Gasteiger charge is -2.20. The fourth-order valence-electron chi connectivity index (χ4n) is 3.52. The van der Waals surface area contributed by atoms with Gasteiger partial charge >= 0.3 is 0 Å². The molecule has 0 aliphatic heterocycles. The highest BCUT2D eigenvalue weighted by Crippen LogP contribution is 2.38. The molecule has 3 aromatic carbocycles. The van der Waals surface area contributed by atoms with Gasteiger partial charge in [-0.2, -0.15) is 0 Å². The third-order valence-electron chi connectivity index (χ3n) is 5.09. The average Bonchev–Trinajstić information content (AvgIpc) is 2.78. The second-order valence-corrected chi connectivity index (χ2v) is 8.75. The topological polar surface area (TPSA) is 30.5 Å². The highest BCUT2D eigenvalue weighted by Gasteiger charge is 2.15. The van der Waals surface area contributed by atoms with E-state index in [1.54, 1.807) is 12.1 Å². The molecule has 0 radical (unpaired) electrons. The van der Waals surface area contributed by atoms with Gasteiger partial charge in [0.25, 0.3) is 0 Å². The lowest BCUT2D eigenvalue weighted by Crippen LogP contribution is -2.21. The van der Waals surface area contributed by atoms with Gasteiger partial charge in [-0.25, -0.2) is 0 Å². The summed E-state index contributed by atoms with van der Waals surface area (Å²) in [6.07, 6.45) is 2.15. The summed E-state index contributed by atoms with van der Waals surface area (Å²) in [4.78, 5) is 0. The molecule has 32 heavy (non-hydrogen) atoms. The Morgan fingerprint density at radius 1 is 0.875 bits per heavy atom. The average molecular weight is 493 g/mol. The predicted molar refractivity (Wildman–Crippen MR) is 134 cm³/mol. The Bertz CT molecular complexity index is 1010. The molecule has 1 unspecified atom stereocenters. The Balaban J connectivity index is 1.75. The van der Waals surface area contributed by atoms with Crippen LogP contribution in [0.5, 0.6) is 11.5 Å². The standard InChI is InChI=1S/C26H28Cl3NO2/c1-3-8-24(19-9-6-5-7-10-19)30-16-18-13-23(29)26(25(14-18)31-4-2)32-17-20-11-12-21(27)15-22(20)28/h5-7,9-15,24,30H,3-4,8,16-17H2,1-2H3. The van der Waals surface area contributed by atoms with Gasteiger partial charge in [-0.05, 0) is 48.7 Å². The van der Waals surface area contributed by atoms with Crippen LogP contribution in [-0.4, -0.2) is 6.61 Å². The summed E-state index contributed by atoms with van der Waals surface area (Å²) in [7, 11) is 0. The summed E-state index contributed by atoms with van der Waals surface area (Å²) in [6.45, 7) is 5.57. The molecule has 0 heterocycles. The van der Waals surface area contributed by atoms with E-state index in [0.717, 1.165) is 24.0 Å². The van der Waals surface area contributed by atoms with Crippen molar-refractivity contribution in [3.8, 4) is 11.5 Å². The van der Waals surface area contributed by atoms with E-state index in [-0.39, 0.29) is 12.6 Å². The van der Waals surface area contributed by atoms with Crippen LogP contribution >= 0.6 is 34.8 Å². The maximum atomic E-state index is 6.61. The Kier molecular flexibility index (Phi) is 9.55. The fourth-order valence-corrected chi connectivity index (χ4v) is 4.27. The van der Waals surface area contributed by atoms with E-state index in [4.69, 9.17) is 44.3 Å². The van der Waals surface area contributed by atoms with Gasteiger partial charge in [0.1, 0.15) is 6.61 Å². The normalized spacial score (nSPS) is 11.9. The molecule has 0 aliphatic carbocycles. The minimum atomic E-state index is 0.264. The molecule has 1 N–H and O–H groups in total. The van der Waals surface area contributed by atoms with Gasteiger partial charge in [-0.3, -0.25) is 0 Å². The molecule has 0 saturated carbocycles. The van der Waals surface area contributed by atoms with Gasteiger partial charge in [-0.1, -0.05) is 84.5 Å². The molecule has 6 heteroatoms. The van der Waals surface area contributed by atoms with E-state index in [1.165, 1.54) is 5.56 Å². The lowest BCUT2D eigenvalue weighted by atomic mass is 10.0. The number of rotatable bonds is 11. The highest BCUT2D eigenvalue weighted by atomic mass is 35.5. The molecule has 1 atom stereocenters. The molecule has 0 fully saturated rings. The minimum Gasteiger partial charge on any atom is -0.490 e. The highest BCUT2D eigenvalue weighted by molar-refractivity contribution is 6.35. The Labute approximate surface area is 205 Å². The van der Waals surface area contributed by atoms with Crippen LogP contribution in [0.25, 0.3) is 0 Å². The molecule has 0 aromatic heterocycles. The zero-order chi connectivity index (χ0) is 22.9. The molecule has 0 amide bonds. The Hall–Kier alpha value is -1.91. The molecular formula is C26H28Cl3NO2. The third kappa shape index (κ3) is 6.79. The second-order valence-electron chi connectivity index (χ2n) is 7.50. The monoisotopic (exact) mass is 491 g/mol. The van der Waals surface area contributed by atoms with E-state index in [9.17, 15) is 0 Å². The molecule has 0 bridgehead atoms. The van der Waals surface area contributed by atoms with Gasteiger partial charge in [0.15, 0.2) is 11.5 Å². The molecule has 3 rings (SSSR count). The summed E-state index contributed by atoms with van der Waals surface area (Å²) in [5, 5.41) is 5.29. The number of ether oxygens (including phenoxy) is 2. The summed E-state index contributed by atoms with van der Waals surface area (Å²) >= 11 is 18.9. The van der Waals surface area contributed by atoms with Crippen molar-refractivity contribution in [3.63, 3.8) is 0 Å². The van der Waals surface area contributed by atoms with Gasteiger partial charge in [0, 0.05) is 28.2 Å². The van der Waals surface area contributed by atoms with E-state index < -0.39 is 0 Å². The summed E-state index contributed by atoms with van der Waals surface area (Å²) in [5.74, 6) is 1.13. The maximum absolute atomic E-state index is 6.61. The summed E-state index contributed by atoms with van der Waals surface area (Å²) < 4.78 is 11.9. The minimum absolute atomic E-state index is 0.264. The first-order valence-corrected chi connectivity index (χ1v) is 12.0. The van der Waals surface area contributed by atoms with Crippen LogP contribution in [0.15, 0.2) is 60.7 Å². The van der Waals surface area contributed by atoms with E-state index in [1.807, 2.05) is 31.2 Å². The van der Waals surface area contributed by atoms with Crippen LogP contribution < -0.4 is 14.8 Å². The zero-order valence-corrected chi connectivity index (χ0v) is 20.6. The van der Waals surface area contributed by atoms with Crippen LogP contribution in [0.2, 0.25) is 15.1 Å². The van der Waals surface area contributed by atoms with E-state index >= 15 is 0 Å².